The molecule has 0 spiro atoms. The van der Waals surface area contributed by atoms with Crippen LogP contribution in [0, 0.1) is 0 Å². The highest BCUT2D eigenvalue weighted by atomic mass is 35.5. The Bertz CT molecular complexity index is 689. The highest BCUT2D eigenvalue weighted by molar-refractivity contribution is 6.31. The lowest BCUT2D eigenvalue weighted by Gasteiger charge is -2.11. The summed E-state index contributed by atoms with van der Waals surface area (Å²) < 4.78 is 38.1. The largest absolute Gasteiger partial charge is 0.417 e. The van der Waals surface area contributed by atoms with Crippen LogP contribution in [-0.4, -0.2) is 10.9 Å². The summed E-state index contributed by atoms with van der Waals surface area (Å²) >= 11 is 11.2. The van der Waals surface area contributed by atoms with Crippen LogP contribution in [0.15, 0.2) is 36.5 Å². The second kappa shape index (κ2) is 5.91. The number of benzene rings is 1. The second-order valence-corrected chi connectivity index (χ2v) is 4.85. The number of pyridine rings is 1. The molecule has 1 aromatic carbocycles. The van der Waals surface area contributed by atoms with Gasteiger partial charge in [0, 0.05) is 16.9 Å². The molecule has 8 heteroatoms. The Morgan fingerprint density at radius 1 is 1.14 bits per heavy atom. The number of hydrogen-bond donors (Lipinski definition) is 1. The van der Waals surface area contributed by atoms with Crippen LogP contribution in [-0.2, 0) is 6.18 Å². The summed E-state index contributed by atoms with van der Waals surface area (Å²) in [5.74, 6) is -0.673. The molecule has 0 saturated carbocycles. The Balaban J connectivity index is 2.26. The fraction of sp³-hybridized carbons (Fsp3) is 0.0769. The third-order valence-electron chi connectivity index (χ3n) is 2.48. The molecule has 0 saturated heterocycles. The summed E-state index contributed by atoms with van der Waals surface area (Å²) in [7, 11) is 0. The lowest BCUT2D eigenvalue weighted by atomic mass is 10.2. The monoisotopic (exact) mass is 334 g/mol. The minimum absolute atomic E-state index is 0.00833. The summed E-state index contributed by atoms with van der Waals surface area (Å²) in [6.07, 6.45) is -3.29. The van der Waals surface area contributed by atoms with Gasteiger partial charge in [-0.25, -0.2) is 0 Å². The first-order chi connectivity index (χ1) is 9.77. The van der Waals surface area contributed by atoms with E-state index in [9.17, 15) is 18.0 Å². The molecular formula is C13H7Cl2F3N2O. The Kier molecular flexibility index (Phi) is 4.39. The SMILES string of the molecule is O=C(Nc1ccc(Cl)c(C(F)(F)F)c1)c1cc(Cl)ccn1. The second-order valence-electron chi connectivity index (χ2n) is 4.01. The van der Waals surface area contributed by atoms with E-state index < -0.39 is 22.7 Å². The number of aromatic nitrogens is 1. The molecule has 2 rings (SSSR count). The van der Waals surface area contributed by atoms with Crippen molar-refractivity contribution in [2.75, 3.05) is 5.32 Å². The van der Waals surface area contributed by atoms with Gasteiger partial charge >= 0.3 is 6.18 Å². The van der Waals surface area contributed by atoms with Crippen LogP contribution in [0.1, 0.15) is 16.1 Å². The van der Waals surface area contributed by atoms with E-state index in [1.54, 1.807) is 0 Å². The molecule has 1 N–H and O–H groups in total. The van der Waals surface area contributed by atoms with Gasteiger partial charge in [-0.3, -0.25) is 9.78 Å². The van der Waals surface area contributed by atoms with Gasteiger partial charge in [-0.15, -0.1) is 0 Å². The van der Waals surface area contributed by atoms with Gasteiger partial charge in [-0.2, -0.15) is 13.2 Å². The topological polar surface area (TPSA) is 42.0 Å². The lowest BCUT2D eigenvalue weighted by Crippen LogP contribution is -2.14. The number of nitrogens with one attached hydrogen (secondary N) is 1. The fourth-order valence-electron chi connectivity index (χ4n) is 1.54. The van der Waals surface area contributed by atoms with Crippen LogP contribution >= 0.6 is 23.2 Å². The number of carbonyl (C=O) groups is 1. The maximum Gasteiger partial charge on any atom is 0.417 e. The summed E-state index contributed by atoms with van der Waals surface area (Å²) in [5.41, 5.74) is -1.08. The molecule has 110 valence electrons. The van der Waals surface area contributed by atoms with Crippen LogP contribution in [0.5, 0.6) is 0 Å². The van der Waals surface area contributed by atoms with Gasteiger partial charge in [0.1, 0.15) is 5.69 Å². The molecule has 21 heavy (non-hydrogen) atoms. The van der Waals surface area contributed by atoms with Crippen molar-refractivity contribution in [3.8, 4) is 0 Å². The number of carbonyl (C=O) groups excluding carboxylic acids is 1. The van der Waals surface area contributed by atoms with E-state index in [1.165, 1.54) is 24.4 Å². The molecule has 1 heterocycles. The Hall–Kier alpha value is -1.79. The van der Waals surface area contributed by atoms with Crippen LogP contribution in [0.3, 0.4) is 0 Å². The molecule has 0 radical (unpaired) electrons. The lowest BCUT2D eigenvalue weighted by molar-refractivity contribution is -0.137. The fourth-order valence-corrected chi connectivity index (χ4v) is 1.93. The van der Waals surface area contributed by atoms with Gasteiger partial charge in [0.05, 0.1) is 10.6 Å². The molecule has 0 atom stereocenters. The number of halogens is 5. The van der Waals surface area contributed by atoms with E-state index in [0.29, 0.717) is 5.02 Å². The molecule has 0 bridgehead atoms. The van der Waals surface area contributed by atoms with Crippen molar-refractivity contribution in [3.63, 3.8) is 0 Å². The van der Waals surface area contributed by atoms with E-state index in [2.05, 4.69) is 10.3 Å². The van der Waals surface area contributed by atoms with Crippen molar-refractivity contribution >= 4 is 34.8 Å². The molecule has 0 fully saturated rings. The average molecular weight is 335 g/mol. The zero-order valence-electron chi connectivity index (χ0n) is 10.2. The van der Waals surface area contributed by atoms with Gasteiger partial charge in [-0.1, -0.05) is 23.2 Å². The van der Waals surface area contributed by atoms with Gasteiger partial charge in [0.2, 0.25) is 0 Å². The third-order valence-corrected chi connectivity index (χ3v) is 3.05. The van der Waals surface area contributed by atoms with Gasteiger partial charge in [-0.05, 0) is 30.3 Å². The molecule has 0 aliphatic carbocycles. The van der Waals surface area contributed by atoms with Gasteiger partial charge < -0.3 is 5.32 Å². The molecule has 0 aliphatic rings. The normalized spacial score (nSPS) is 11.3. The zero-order chi connectivity index (χ0) is 15.6. The quantitative estimate of drug-likeness (QED) is 0.867. The molecular weight excluding hydrogens is 328 g/mol. The maximum atomic E-state index is 12.7. The van der Waals surface area contributed by atoms with E-state index in [-0.39, 0.29) is 11.4 Å². The minimum atomic E-state index is -4.61. The first-order valence-corrected chi connectivity index (χ1v) is 6.32. The third kappa shape index (κ3) is 3.86. The van der Waals surface area contributed by atoms with E-state index in [0.717, 1.165) is 12.1 Å². The first-order valence-electron chi connectivity index (χ1n) is 5.57. The smallest absolute Gasteiger partial charge is 0.321 e. The van der Waals surface area contributed by atoms with Crippen molar-refractivity contribution < 1.29 is 18.0 Å². The minimum Gasteiger partial charge on any atom is -0.321 e. The Morgan fingerprint density at radius 2 is 1.86 bits per heavy atom. The number of nitrogens with zero attached hydrogens (tertiary/aromatic N) is 1. The van der Waals surface area contributed by atoms with E-state index in [1.807, 2.05) is 0 Å². The maximum absolute atomic E-state index is 12.7. The highest BCUT2D eigenvalue weighted by Gasteiger charge is 2.33. The van der Waals surface area contributed by atoms with Crippen molar-refractivity contribution in [1.29, 1.82) is 0 Å². The van der Waals surface area contributed by atoms with Gasteiger partial charge in [0.15, 0.2) is 0 Å². The van der Waals surface area contributed by atoms with Gasteiger partial charge in [0.25, 0.3) is 5.91 Å². The van der Waals surface area contributed by atoms with Crippen LogP contribution in [0.2, 0.25) is 10.0 Å². The zero-order valence-corrected chi connectivity index (χ0v) is 11.7. The Labute approximate surface area is 127 Å². The molecule has 1 aromatic heterocycles. The number of alkyl halides is 3. The molecule has 1 amide bonds. The molecule has 2 aromatic rings. The Morgan fingerprint density at radius 3 is 2.48 bits per heavy atom. The first kappa shape index (κ1) is 15.6. The number of amides is 1. The van der Waals surface area contributed by atoms with E-state index >= 15 is 0 Å². The number of rotatable bonds is 2. The van der Waals surface area contributed by atoms with Crippen molar-refractivity contribution in [2.45, 2.75) is 6.18 Å². The highest BCUT2D eigenvalue weighted by Crippen LogP contribution is 2.36. The number of anilines is 1. The summed E-state index contributed by atoms with van der Waals surface area (Å²) in [6, 6.07) is 5.86. The molecule has 0 unspecified atom stereocenters. The summed E-state index contributed by atoms with van der Waals surface area (Å²) in [5, 5.41) is 2.16. The predicted molar refractivity (Wildman–Crippen MR) is 73.7 cm³/mol. The average Bonchev–Trinajstić information content (AvgIpc) is 2.39. The summed E-state index contributed by atoms with van der Waals surface area (Å²) in [6.45, 7) is 0. The van der Waals surface area contributed by atoms with Crippen molar-refractivity contribution in [1.82, 2.24) is 4.98 Å². The standard InChI is InChI=1S/C13H7Cl2F3N2O/c14-7-3-4-19-11(5-7)12(21)20-8-1-2-10(15)9(6-8)13(16,17)18/h1-6H,(H,20,21). The van der Waals surface area contributed by atoms with Crippen molar-refractivity contribution in [2.24, 2.45) is 0 Å². The predicted octanol–water partition coefficient (Wildman–Crippen LogP) is 4.66. The molecule has 0 aliphatic heterocycles. The van der Waals surface area contributed by atoms with Crippen LogP contribution in [0.25, 0.3) is 0 Å². The van der Waals surface area contributed by atoms with Crippen LogP contribution in [0.4, 0.5) is 18.9 Å². The molecule has 3 nitrogen and oxygen atoms in total. The van der Waals surface area contributed by atoms with E-state index in [4.69, 9.17) is 23.2 Å². The van der Waals surface area contributed by atoms with Crippen LogP contribution < -0.4 is 5.32 Å². The summed E-state index contributed by atoms with van der Waals surface area (Å²) in [4.78, 5) is 15.6. The number of hydrogen-bond acceptors (Lipinski definition) is 2. The van der Waals surface area contributed by atoms with Crippen molar-refractivity contribution in [3.05, 3.63) is 57.8 Å².